The van der Waals surface area contributed by atoms with Crippen molar-refractivity contribution in [1.29, 1.82) is 0 Å². The molecule has 148 valence electrons. The Bertz CT molecular complexity index is 830. The van der Waals surface area contributed by atoms with E-state index in [1.54, 1.807) is 6.20 Å². The summed E-state index contributed by atoms with van der Waals surface area (Å²) in [5.74, 6) is -0.0220. The molecule has 0 spiro atoms. The van der Waals surface area contributed by atoms with E-state index in [0.717, 1.165) is 29.9 Å². The summed E-state index contributed by atoms with van der Waals surface area (Å²) in [5, 5.41) is 6.32. The molecule has 6 nitrogen and oxygen atoms in total. The number of amides is 2. The van der Waals surface area contributed by atoms with Gasteiger partial charge in [0, 0.05) is 50.1 Å². The third-order valence-corrected chi connectivity index (χ3v) is 5.45. The van der Waals surface area contributed by atoms with Gasteiger partial charge in [-0.05, 0) is 36.1 Å². The van der Waals surface area contributed by atoms with Crippen LogP contribution in [-0.2, 0) is 16.0 Å². The van der Waals surface area contributed by atoms with Gasteiger partial charge in [-0.1, -0.05) is 24.3 Å². The van der Waals surface area contributed by atoms with Crippen molar-refractivity contribution >= 4 is 29.9 Å². The summed E-state index contributed by atoms with van der Waals surface area (Å²) >= 11 is 0. The lowest BCUT2D eigenvalue weighted by Gasteiger charge is -2.37. The normalized spacial score (nSPS) is 21.3. The van der Waals surface area contributed by atoms with Crippen molar-refractivity contribution in [2.75, 3.05) is 25.0 Å². The molecule has 2 unspecified atom stereocenters. The second-order valence-electron chi connectivity index (χ2n) is 7.18. The molecule has 1 saturated heterocycles. The number of hydrogen-bond acceptors (Lipinski definition) is 4. The Balaban J connectivity index is 0.00000225. The minimum absolute atomic E-state index is 0. The molecule has 1 aromatic carbocycles. The molecule has 1 fully saturated rings. The number of anilines is 1. The molecule has 2 aromatic rings. The van der Waals surface area contributed by atoms with Gasteiger partial charge < -0.3 is 15.5 Å². The first kappa shape index (κ1) is 20.3. The van der Waals surface area contributed by atoms with Crippen molar-refractivity contribution in [3.05, 3.63) is 59.9 Å². The predicted octanol–water partition coefficient (Wildman–Crippen LogP) is 2.57. The zero-order valence-electron chi connectivity index (χ0n) is 15.6. The summed E-state index contributed by atoms with van der Waals surface area (Å²) in [7, 11) is 0. The molecular formula is C21H25ClN4O2. The van der Waals surface area contributed by atoms with E-state index in [-0.39, 0.29) is 36.2 Å². The summed E-state index contributed by atoms with van der Waals surface area (Å²) in [6, 6.07) is 11.8. The van der Waals surface area contributed by atoms with Gasteiger partial charge in [-0.2, -0.15) is 0 Å². The summed E-state index contributed by atoms with van der Waals surface area (Å²) in [6.45, 7) is 2.20. The molecule has 2 atom stereocenters. The summed E-state index contributed by atoms with van der Waals surface area (Å²) in [6.07, 6.45) is 5.22. The SMILES string of the molecule is Cl.O=C1Nc2ccccc2CC1CCC(=O)N1CCNCC1c1cccnc1. The number of pyridine rings is 1. The fraction of sp³-hybridized carbons (Fsp3) is 0.381. The molecule has 1 aromatic heterocycles. The van der Waals surface area contributed by atoms with Crippen LogP contribution in [0.3, 0.4) is 0 Å². The number of aromatic nitrogens is 1. The summed E-state index contributed by atoms with van der Waals surface area (Å²) < 4.78 is 0. The van der Waals surface area contributed by atoms with E-state index in [1.165, 1.54) is 0 Å². The molecule has 3 heterocycles. The molecule has 0 aliphatic carbocycles. The lowest BCUT2D eigenvalue weighted by molar-refractivity contribution is -0.135. The van der Waals surface area contributed by atoms with Crippen LogP contribution in [0.15, 0.2) is 48.8 Å². The molecule has 2 amide bonds. The molecule has 4 rings (SSSR count). The Labute approximate surface area is 171 Å². The van der Waals surface area contributed by atoms with Crippen molar-refractivity contribution in [2.45, 2.75) is 25.3 Å². The molecule has 2 aliphatic rings. The van der Waals surface area contributed by atoms with Crippen molar-refractivity contribution in [3.8, 4) is 0 Å². The number of hydrogen-bond donors (Lipinski definition) is 2. The van der Waals surface area contributed by atoms with Crippen molar-refractivity contribution < 1.29 is 9.59 Å². The maximum atomic E-state index is 12.9. The number of carbonyl (C=O) groups is 2. The maximum Gasteiger partial charge on any atom is 0.227 e. The van der Waals surface area contributed by atoms with Gasteiger partial charge in [0.05, 0.1) is 6.04 Å². The molecule has 0 saturated carbocycles. The molecule has 0 radical (unpaired) electrons. The Kier molecular flexibility index (Phi) is 6.65. The Morgan fingerprint density at radius 2 is 2.07 bits per heavy atom. The van der Waals surface area contributed by atoms with Gasteiger partial charge in [0.1, 0.15) is 0 Å². The minimum Gasteiger partial charge on any atom is -0.333 e. The van der Waals surface area contributed by atoms with Crippen molar-refractivity contribution in [1.82, 2.24) is 15.2 Å². The van der Waals surface area contributed by atoms with E-state index < -0.39 is 0 Å². The van der Waals surface area contributed by atoms with Gasteiger partial charge in [0.25, 0.3) is 0 Å². The van der Waals surface area contributed by atoms with E-state index >= 15 is 0 Å². The Morgan fingerprint density at radius 3 is 2.89 bits per heavy atom. The quantitative estimate of drug-likeness (QED) is 0.827. The average molecular weight is 401 g/mol. The second kappa shape index (κ2) is 9.17. The number of carbonyl (C=O) groups excluding carboxylic acids is 2. The molecule has 2 aliphatic heterocycles. The van der Waals surface area contributed by atoms with Crippen LogP contribution in [0.1, 0.15) is 30.0 Å². The number of benzene rings is 1. The van der Waals surface area contributed by atoms with E-state index in [4.69, 9.17) is 0 Å². The number of nitrogens with zero attached hydrogens (tertiary/aromatic N) is 2. The van der Waals surface area contributed by atoms with Crippen LogP contribution >= 0.6 is 12.4 Å². The summed E-state index contributed by atoms with van der Waals surface area (Å²) in [5.41, 5.74) is 3.08. The van der Waals surface area contributed by atoms with Gasteiger partial charge >= 0.3 is 0 Å². The average Bonchev–Trinajstić information content (AvgIpc) is 2.72. The number of halogens is 1. The highest BCUT2D eigenvalue weighted by Crippen LogP contribution is 2.29. The van der Waals surface area contributed by atoms with E-state index in [0.29, 0.717) is 25.8 Å². The lowest BCUT2D eigenvalue weighted by Crippen LogP contribution is -2.48. The highest BCUT2D eigenvalue weighted by atomic mass is 35.5. The van der Waals surface area contributed by atoms with Crippen LogP contribution in [0.2, 0.25) is 0 Å². The number of para-hydroxylation sites is 1. The zero-order valence-corrected chi connectivity index (χ0v) is 16.5. The number of nitrogens with one attached hydrogen (secondary N) is 2. The fourth-order valence-electron chi connectivity index (χ4n) is 3.96. The standard InChI is InChI=1S/C21H24N4O2.ClH/c26-20(25-11-10-23-14-19(25)17-5-3-9-22-13-17)8-7-16-12-15-4-1-2-6-18(15)24-21(16)27;/h1-6,9,13,16,19,23H,7-8,10-12,14H2,(H,24,27);1H. The maximum absolute atomic E-state index is 12.9. The van der Waals surface area contributed by atoms with Crippen LogP contribution < -0.4 is 10.6 Å². The van der Waals surface area contributed by atoms with E-state index in [9.17, 15) is 9.59 Å². The lowest BCUT2D eigenvalue weighted by atomic mass is 9.89. The fourth-order valence-corrected chi connectivity index (χ4v) is 3.96. The monoisotopic (exact) mass is 400 g/mol. The predicted molar refractivity (Wildman–Crippen MR) is 110 cm³/mol. The smallest absolute Gasteiger partial charge is 0.227 e. The largest absolute Gasteiger partial charge is 0.333 e. The molecular weight excluding hydrogens is 376 g/mol. The van der Waals surface area contributed by atoms with Crippen molar-refractivity contribution in [2.24, 2.45) is 5.92 Å². The van der Waals surface area contributed by atoms with Crippen LogP contribution in [0.25, 0.3) is 0 Å². The van der Waals surface area contributed by atoms with Gasteiger partial charge in [0.15, 0.2) is 0 Å². The van der Waals surface area contributed by atoms with E-state index in [2.05, 4.69) is 15.6 Å². The Hall–Kier alpha value is -2.44. The van der Waals surface area contributed by atoms with Gasteiger partial charge in [0.2, 0.25) is 11.8 Å². The molecule has 2 N–H and O–H groups in total. The first-order chi connectivity index (χ1) is 13.2. The van der Waals surface area contributed by atoms with Crippen LogP contribution in [-0.4, -0.2) is 41.3 Å². The third-order valence-electron chi connectivity index (χ3n) is 5.45. The van der Waals surface area contributed by atoms with E-state index in [1.807, 2.05) is 47.5 Å². The number of rotatable bonds is 4. The highest BCUT2D eigenvalue weighted by molar-refractivity contribution is 5.96. The molecule has 0 bridgehead atoms. The Morgan fingerprint density at radius 1 is 1.21 bits per heavy atom. The number of fused-ring (bicyclic) bond motifs is 1. The zero-order chi connectivity index (χ0) is 18.6. The minimum atomic E-state index is -0.149. The summed E-state index contributed by atoms with van der Waals surface area (Å²) in [4.78, 5) is 31.4. The first-order valence-electron chi connectivity index (χ1n) is 9.51. The molecule has 28 heavy (non-hydrogen) atoms. The van der Waals surface area contributed by atoms with Gasteiger partial charge in [-0.3, -0.25) is 14.6 Å². The van der Waals surface area contributed by atoms with Crippen molar-refractivity contribution in [3.63, 3.8) is 0 Å². The first-order valence-corrected chi connectivity index (χ1v) is 9.51. The number of piperazine rings is 1. The third kappa shape index (κ3) is 4.34. The molecule has 7 heteroatoms. The van der Waals surface area contributed by atoms with Gasteiger partial charge in [-0.15, -0.1) is 12.4 Å². The second-order valence-corrected chi connectivity index (χ2v) is 7.18. The van der Waals surface area contributed by atoms with Crippen LogP contribution in [0, 0.1) is 5.92 Å². The topological polar surface area (TPSA) is 74.3 Å². The van der Waals surface area contributed by atoms with Gasteiger partial charge in [-0.25, -0.2) is 0 Å². The highest BCUT2D eigenvalue weighted by Gasteiger charge is 2.30. The van der Waals surface area contributed by atoms with Crippen LogP contribution in [0.5, 0.6) is 0 Å². The van der Waals surface area contributed by atoms with Crippen LogP contribution in [0.4, 0.5) is 5.69 Å².